The highest BCUT2D eigenvalue weighted by atomic mass is 19.1. The van der Waals surface area contributed by atoms with E-state index in [-0.39, 0.29) is 11.7 Å². The van der Waals surface area contributed by atoms with Crippen LogP contribution in [0.15, 0.2) is 40.8 Å². The van der Waals surface area contributed by atoms with Crippen LogP contribution < -0.4 is 0 Å². The zero-order valence-corrected chi connectivity index (χ0v) is 12.2. The van der Waals surface area contributed by atoms with Gasteiger partial charge >= 0.3 is 0 Å². The number of benzene rings is 1. The maximum absolute atomic E-state index is 13.0. The molecule has 0 unspecified atom stereocenters. The Bertz CT molecular complexity index is 656. The second kappa shape index (κ2) is 5.02. The number of rotatable bonds is 4. The summed E-state index contributed by atoms with van der Waals surface area (Å²) in [4.78, 5) is 14.4. The fourth-order valence-corrected chi connectivity index (χ4v) is 2.76. The zero-order valence-electron chi connectivity index (χ0n) is 12.2. The second-order valence-electron chi connectivity index (χ2n) is 5.76. The summed E-state index contributed by atoms with van der Waals surface area (Å²) in [6.07, 6.45) is 1.64. The van der Waals surface area contributed by atoms with Gasteiger partial charge < -0.3 is 9.32 Å². The second-order valence-corrected chi connectivity index (χ2v) is 5.76. The molecule has 3 rings (SSSR count). The van der Waals surface area contributed by atoms with E-state index < -0.39 is 5.41 Å². The number of furan rings is 1. The Labute approximate surface area is 123 Å². The highest BCUT2D eigenvalue weighted by Crippen LogP contribution is 2.49. The molecule has 0 N–H and O–H groups in total. The Morgan fingerprint density at radius 1 is 1.24 bits per heavy atom. The minimum Gasteiger partial charge on any atom is -0.464 e. The van der Waals surface area contributed by atoms with Gasteiger partial charge in [-0.3, -0.25) is 4.79 Å². The maximum atomic E-state index is 13.0. The van der Waals surface area contributed by atoms with Gasteiger partial charge in [0.05, 0.1) is 12.0 Å². The average molecular weight is 287 g/mol. The quantitative estimate of drug-likeness (QED) is 0.863. The van der Waals surface area contributed by atoms with Gasteiger partial charge in [-0.25, -0.2) is 4.39 Å². The lowest BCUT2D eigenvalue weighted by Gasteiger charge is -2.23. The van der Waals surface area contributed by atoms with Crippen LogP contribution in [0, 0.1) is 12.7 Å². The van der Waals surface area contributed by atoms with Gasteiger partial charge in [-0.15, -0.1) is 0 Å². The Morgan fingerprint density at radius 2 is 1.90 bits per heavy atom. The molecule has 4 heteroatoms. The van der Waals surface area contributed by atoms with E-state index in [0.29, 0.717) is 6.54 Å². The van der Waals surface area contributed by atoms with E-state index in [9.17, 15) is 9.18 Å². The molecule has 1 aliphatic rings. The Kier molecular flexibility index (Phi) is 3.32. The van der Waals surface area contributed by atoms with Crippen molar-refractivity contribution in [1.29, 1.82) is 0 Å². The molecule has 1 saturated carbocycles. The predicted octanol–water partition coefficient (Wildman–Crippen LogP) is 3.42. The summed E-state index contributed by atoms with van der Waals surface area (Å²) in [6.45, 7) is 2.34. The van der Waals surface area contributed by atoms with Crippen LogP contribution in [0.4, 0.5) is 4.39 Å². The normalized spacial score (nSPS) is 15.8. The van der Waals surface area contributed by atoms with Crippen molar-refractivity contribution in [2.75, 3.05) is 7.05 Å². The van der Waals surface area contributed by atoms with Crippen molar-refractivity contribution >= 4 is 5.91 Å². The number of amides is 1. The van der Waals surface area contributed by atoms with Crippen LogP contribution in [0.25, 0.3) is 0 Å². The van der Waals surface area contributed by atoms with Crippen molar-refractivity contribution in [2.24, 2.45) is 0 Å². The van der Waals surface area contributed by atoms with Gasteiger partial charge in [-0.2, -0.15) is 0 Å². The topological polar surface area (TPSA) is 33.5 Å². The van der Waals surface area contributed by atoms with Gasteiger partial charge in [0.25, 0.3) is 0 Å². The van der Waals surface area contributed by atoms with Gasteiger partial charge in [0, 0.05) is 7.05 Å². The number of hydrogen-bond donors (Lipinski definition) is 0. The smallest absolute Gasteiger partial charge is 0.233 e. The summed E-state index contributed by atoms with van der Waals surface area (Å²) in [6, 6.07) is 10.0. The van der Waals surface area contributed by atoms with Crippen molar-refractivity contribution in [2.45, 2.75) is 31.7 Å². The Morgan fingerprint density at radius 3 is 2.43 bits per heavy atom. The molecule has 2 aromatic rings. The van der Waals surface area contributed by atoms with Crippen molar-refractivity contribution in [3.05, 3.63) is 59.3 Å². The molecule has 0 aliphatic heterocycles. The Hall–Kier alpha value is -2.10. The minimum absolute atomic E-state index is 0.0724. The number of hydrogen-bond acceptors (Lipinski definition) is 2. The van der Waals surface area contributed by atoms with Crippen LogP contribution in [0.3, 0.4) is 0 Å². The van der Waals surface area contributed by atoms with Crippen molar-refractivity contribution in [3.8, 4) is 0 Å². The van der Waals surface area contributed by atoms with Crippen LogP contribution in [0.2, 0.25) is 0 Å². The van der Waals surface area contributed by atoms with Gasteiger partial charge in [0.2, 0.25) is 5.91 Å². The molecule has 1 aromatic carbocycles. The summed E-state index contributed by atoms with van der Waals surface area (Å²) in [5.74, 6) is 1.41. The van der Waals surface area contributed by atoms with Gasteiger partial charge in [-0.05, 0) is 49.6 Å². The molecular weight excluding hydrogens is 269 g/mol. The van der Waals surface area contributed by atoms with Crippen molar-refractivity contribution in [1.82, 2.24) is 4.90 Å². The third kappa shape index (κ3) is 2.58. The van der Waals surface area contributed by atoms with Crippen LogP contribution in [0.1, 0.15) is 29.9 Å². The lowest BCUT2D eigenvalue weighted by atomic mass is 9.94. The van der Waals surface area contributed by atoms with Crippen molar-refractivity contribution < 1.29 is 13.6 Å². The SMILES string of the molecule is Cc1ccc(CN(C)C(=O)C2(c3ccc(F)cc3)CC2)o1. The number of aryl methyl sites for hydroxylation is 1. The number of carbonyl (C=O) groups is 1. The largest absolute Gasteiger partial charge is 0.464 e. The predicted molar refractivity (Wildman–Crippen MR) is 77.2 cm³/mol. The van der Waals surface area contributed by atoms with Crippen molar-refractivity contribution in [3.63, 3.8) is 0 Å². The zero-order chi connectivity index (χ0) is 15.0. The number of carbonyl (C=O) groups excluding carboxylic acids is 1. The first-order valence-electron chi connectivity index (χ1n) is 7.08. The molecule has 0 atom stereocenters. The molecule has 0 saturated heterocycles. The van der Waals surface area contributed by atoms with E-state index in [2.05, 4.69) is 0 Å². The summed E-state index contributed by atoms with van der Waals surface area (Å²) in [5.41, 5.74) is 0.431. The summed E-state index contributed by atoms with van der Waals surface area (Å²) in [5, 5.41) is 0. The molecule has 1 heterocycles. The van der Waals surface area contributed by atoms with E-state index >= 15 is 0 Å². The molecule has 3 nitrogen and oxygen atoms in total. The number of likely N-dealkylation sites (N-methyl/N-ethyl adjacent to an activating group) is 1. The molecule has 1 aliphatic carbocycles. The molecule has 1 aromatic heterocycles. The number of halogens is 1. The molecule has 0 radical (unpaired) electrons. The minimum atomic E-state index is -0.468. The van der Waals surface area contributed by atoms with E-state index in [1.807, 2.05) is 19.1 Å². The molecule has 21 heavy (non-hydrogen) atoms. The lowest BCUT2D eigenvalue weighted by molar-refractivity contribution is -0.133. The first-order chi connectivity index (χ1) is 10.0. The standard InChI is InChI=1S/C17H18FNO2/c1-12-3-8-15(21-12)11-19(2)16(20)17(9-10-17)13-4-6-14(18)7-5-13/h3-8H,9-11H2,1-2H3. The van der Waals surface area contributed by atoms with Crippen LogP contribution in [-0.4, -0.2) is 17.9 Å². The molecule has 1 amide bonds. The average Bonchev–Trinajstić information content (AvgIpc) is 3.17. The highest BCUT2D eigenvalue weighted by Gasteiger charge is 2.52. The fraction of sp³-hybridized carbons (Fsp3) is 0.353. The number of nitrogens with zero attached hydrogens (tertiary/aromatic N) is 1. The first kappa shape index (κ1) is 13.9. The molecular formula is C17H18FNO2. The van der Waals surface area contributed by atoms with Crippen LogP contribution in [-0.2, 0) is 16.8 Å². The maximum Gasteiger partial charge on any atom is 0.233 e. The van der Waals surface area contributed by atoms with E-state index in [0.717, 1.165) is 29.9 Å². The lowest BCUT2D eigenvalue weighted by Crippen LogP contribution is -2.36. The molecule has 0 bridgehead atoms. The molecule has 110 valence electrons. The third-order valence-corrected chi connectivity index (χ3v) is 4.09. The fourth-order valence-electron chi connectivity index (χ4n) is 2.76. The van der Waals surface area contributed by atoms with Crippen LogP contribution in [0.5, 0.6) is 0 Å². The summed E-state index contributed by atoms with van der Waals surface area (Å²) >= 11 is 0. The molecule has 1 fully saturated rings. The van der Waals surface area contributed by atoms with E-state index in [4.69, 9.17) is 4.42 Å². The monoisotopic (exact) mass is 287 g/mol. The summed E-state index contributed by atoms with van der Waals surface area (Å²) in [7, 11) is 1.78. The van der Waals surface area contributed by atoms with Gasteiger partial charge in [-0.1, -0.05) is 12.1 Å². The highest BCUT2D eigenvalue weighted by molar-refractivity contribution is 5.91. The van der Waals surface area contributed by atoms with E-state index in [1.165, 1.54) is 12.1 Å². The third-order valence-electron chi connectivity index (χ3n) is 4.09. The van der Waals surface area contributed by atoms with E-state index in [1.54, 1.807) is 24.1 Å². The van der Waals surface area contributed by atoms with Crippen LogP contribution >= 0.6 is 0 Å². The van der Waals surface area contributed by atoms with Gasteiger partial charge in [0.1, 0.15) is 17.3 Å². The summed E-state index contributed by atoms with van der Waals surface area (Å²) < 4.78 is 18.6. The first-order valence-corrected chi connectivity index (χ1v) is 7.08. The molecule has 0 spiro atoms. The van der Waals surface area contributed by atoms with Gasteiger partial charge in [0.15, 0.2) is 0 Å². The Balaban J connectivity index is 1.76.